The van der Waals surface area contributed by atoms with Crippen molar-refractivity contribution in [1.29, 1.82) is 0 Å². The lowest BCUT2D eigenvalue weighted by atomic mass is 10.0. The SMILES string of the molecule is CC(c1c(F)c(F)c(Cl)c(F)c1F)N1CCNCC1. The average Bonchev–Trinajstić information content (AvgIpc) is 2.44. The Bertz CT molecular complexity index is 460. The summed E-state index contributed by atoms with van der Waals surface area (Å²) < 4.78 is 54.4. The number of nitrogens with one attached hydrogen (secondary N) is 1. The van der Waals surface area contributed by atoms with Crippen LogP contribution in [0.4, 0.5) is 17.6 Å². The van der Waals surface area contributed by atoms with Crippen LogP contribution >= 0.6 is 11.6 Å². The fraction of sp³-hybridized carbons (Fsp3) is 0.500. The Morgan fingerprint density at radius 3 is 1.95 bits per heavy atom. The summed E-state index contributed by atoms with van der Waals surface area (Å²) in [5.74, 6) is -5.93. The summed E-state index contributed by atoms with van der Waals surface area (Å²) in [7, 11) is 0. The summed E-state index contributed by atoms with van der Waals surface area (Å²) >= 11 is 5.20. The molecule has 19 heavy (non-hydrogen) atoms. The minimum Gasteiger partial charge on any atom is -0.314 e. The second-order valence-corrected chi connectivity index (χ2v) is 4.82. The van der Waals surface area contributed by atoms with Gasteiger partial charge in [-0.15, -0.1) is 0 Å². The maximum atomic E-state index is 13.8. The smallest absolute Gasteiger partial charge is 0.180 e. The molecular weight excluding hydrogens is 284 g/mol. The molecule has 1 unspecified atom stereocenters. The van der Waals surface area contributed by atoms with E-state index in [2.05, 4.69) is 5.32 Å². The number of hydrogen-bond donors (Lipinski definition) is 1. The van der Waals surface area contributed by atoms with Gasteiger partial charge in [0.2, 0.25) is 0 Å². The third kappa shape index (κ3) is 2.57. The largest absolute Gasteiger partial charge is 0.314 e. The van der Waals surface area contributed by atoms with Crippen LogP contribution in [0.1, 0.15) is 18.5 Å². The molecule has 2 rings (SSSR count). The molecule has 0 spiro atoms. The number of piperazine rings is 1. The first-order valence-electron chi connectivity index (χ1n) is 5.91. The van der Waals surface area contributed by atoms with Gasteiger partial charge < -0.3 is 5.32 Å². The molecule has 0 aromatic heterocycles. The molecule has 0 amide bonds. The summed E-state index contributed by atoms with van der Waals surface area (Å²) in [5, 5.41) is 1.94. The van der Waals surface area contributed by atoms with E-state index in [9.17, 15) is 17.6 Å². The summed E-state index contributed by atoms with van der Waals surface area (Å²) in [6.45, 7) is 3.93. The molecular formula is C12H13ClF4N2. The first kappa shape index (κ1) is 14.6. The molecule has 0 bridgehead atoms. The topological polar surface area (TPSA) is 15.3 Å². The Labute approximate surface area is 113 Å². The van der Waals surface area contributed by atoms with Crippen LogP contribution in [0.2, 0.25) is 5.02 Å². The van der Waals surface area contributed by atoms with Gasteiger partial charge in [-0.3, -0.25) is 4.90 Å². The van der Waals surface area contributed by atoms with E-state index in [1.165, 1.54) is 6.92 Å². The van der Waals surface area contributed by atoms with Crippen LogP contribution in [0.5, 0.6) is 0 Å². The van der Waals surface area contributed by atoms with Gasteiger partial charge in [-0.25, -0.2) is 17.6 Å². The molecule has 1 aromatic carbocycles. The number of halogens is 5. The molecule has 1 saturated heterocycles. The van der Waals surface area contributed by atoms with Crippen molar-refractivity contribution in [3.8, 4) is 0 Å². The van der Waals surface area contributed by atoms with Crippen LogP contribution in [-0.4, -0.2) is 31.1 Å². The molecule has 1 aliphatic rings. The van der Waals surface area contributed by atoms with E-state index < -0.39 is 39.9 Å². The summed E-state index contributed by atoms with van der Waals surface area (Å²) in [6, 6.07) is -0.761. The van der Waals surface area contributed by atoms with Gasteiger partial charge in [0.1, 0.15) is 5.02 Å². The summed E-state index contributed by atoms with van der Waals surface area (Å²) in [5.41, 5.74) is -0.610. The molecule has 1 heterocycles. The molecule has 7 heteroatoms. The van der Waals surface area contributed by atoms with E-state index in [4.69, 9.17) is 11.6 Å². The highest BCUT2D eigenvalue weighted by Gasteiger charge is 2.30. The molecule has 1 aromatic rings. The zero-order valence-electron chi connectivity index (χ0n) is 10.2. The van der Waals surface area contributed by atoms with E-state index in [1.54, 1.807) is 4.90 Å². The lowest BCUT2D eigenvalue weighted by Crippen LogP contribution is -2.44. The number of hydrogen-bond acceptors (Lipinski definition) is 2. The molecule has 106 valence electrons. The van der Waals surface area contributed by atoms with E-state index in [-0.39, 0.29) is 0 Å². The molecule has 0 radical (unpaired) electrons. The van der Waals surface area contributed by atoms with Gasteiger partial charge in [0.05, 0.1) is 0 Å². The number of benzene rings is 1. The molecule has 1 aliphatic heterocycles. The predicted molar refractivity (Wildman–Crippen MR) is 64.1 cm³/mol. The standard InChI is InChI=1S/C12H13ClF4N2/c1-6(19-4-2-18-3-5-19)7-9(14)11(16)8(13)12(17)10(7)15/h6,18H,2-5H2,1H3. The monoisotopic (exact) mass is 296 g/mol. The van der Waals surface area contributed by atoms with Crippen LogP contribution in [0.3, 0.4) is 0 Å². The van der Waals surface area contributed by atoms with Crippen molar-refractivity contribution < 1.29 is 17.6 Å². The third-order valence-electron chi connectivity index (χ3n) is 3.36. The van der Waals surface area contributed by atoms with Crippen molar-refractivity contribution in [2.24, 2.45) is 0 Å². The van der Waals surface area contributed by atoms with Gasteiger partial charge in [-0.05, 0) is 6.92 Å². The predicted octanol–water partition coefficient (Wildman–Crippen LogP) is 2.86. The third-order valence-corrected chi connectivity index (χ3v) is 3.69. The van der Waals surface area contributed by atoms with Crippen molar-refractivity contribution in [1.82, 2.24) is 10.2 Å². The van der Waals surface area contributed by atoms with Gasteiger partial charge in [0.15, 0.2) is 23.3 Å². The van der Waals surface area contributed by atoms with E-state index in [0.29, 0.717) is 26.2 Å². The van der Waals surface area contributed by atoms with Gasteiger partial charge in [0, 0.05) is 37.8 Å². The number of rotatable bonds is 2. The van der Waals surface area contributed by atoms with Crippen LogP contribution < -0.4 is 5.32 Å². The average molecular weight is 297 g/mol. The zero-order chi connectivity index (χ0) is 14.2. The van der Waals surface area contributed by atoms with Crippen LogP contribution in [-0.2, 0) is 0 Å². The van der Waals surface area contributed by atoms with Crippen molar-refractivity contribution in [2.45, 2.75) is 13.0 Å². The van der Waals surface area contributed by atoms with Gasteiger partial charge in [-0.2, -0.15) is 0 Å². The first-order valence-corrected chi connectivity index (χ1v) is 6.29. The van der Waals surface area contributed by atoms with Crippen molar-refractivity contribution in [3.63, 3.8) is 0 Å². The van der Waals surface area contributed by atoms with Crippen LogP contribution in [0.15, 0.2) is 0 Å². The Hall–Kier alpha value is -0.850. The second kappa shape index (κ2) is 5.64. The fourth-order valence-corrected chi connectivity index (χ4v) is 2.41. The maximum Gasteiger partial charge on any atom is 0.180 e. The molecule has 0 aliphatic carbocycles. The first-order chi connectivity index (χ1) is 8.95. The normalized spacial score (nSPS) is 18.6. The lowest BCUT2D eigenvalue weighted by molar-refractivity contribution is 0.177. The van der Waals surface area contributed by atoms with E-state index in [1.807, 2.05) is 0 Å². The lowest BCUT2D eigenvalue weighted by Gasteiger charge is -2.33. The summed E-state index contributed by atoms with van der Waals surface area (Å²) in [4.78, 5) is 1.75. The fourth-order valence-electron chi connectivity index (χ4n) is 2.24. The van der Waals surface area contributed by atoms with Crippen LogP contribution in [0.25, 0.3) is 0 Å². The van der Waals surface area contributed by atoms with E-state index >= 15 is 0 Å². The van der Waals surface area contributed by atoms with Gasteiger partial charge in [0.25, 0.3) is 0 Å². The van der Waals surface area contributed by atoms with Crippen molar-refractivity contribution in [3.05, 3.63) is 33.9 Å². The van der Waals surface area contributed by atoms with Gasteiger partial charge in [-0.1, -0.05) is 11.6 Å². The van der Waals surface area contributed by atoms with Gasteiger partial charge >= 0.3 is 0 Å². The Kier molecular flexibility index (Phi) is 4.32. The molecule has 2 nitrogen and oxygen atoms in total. The summed E-state index contributed by atoms with van der Waals surface area (Å²) in [6.07, 6.45) is 0. The van der Waals surface area contributed by atoms with E-state index in [0.717, 1.165) is 0 Å². The highest BCUT2D eigenvalue weighted by atomic mass is 35.5. The van der Waals surface area contributed by atoms with Crippen LogP contribution in [0, 0.1) is 23.3 Å². The Morgan fingerprint density at radius 2 is 1.47 bits per heavy atom. The minimum atomic E-state index is -1.54. The molecule has 1 N–H and O–H groups in total. The second-order valence-electron chi connectivity index (χ2n) is 4.45. The van der Waals surface area contributed by atoms with Crippen molar-refractivity contribution in [2.75, 3.05) is 26.2 Å². The molecule has 1 atom stereocenters. The zero-order valence-corrected chi connectivity index (χ0v) is 11.0. The highest BCUT2D eigenvalue weighted by molar-refractivity contribution is 6.30. The van der Waals surface area contributed by atoms with Crippen molar-refractivity contribution >= 4 is 11.6 Å². The highest BCUT2D eigenvalue weighted by Crippen LogP contribution is 2.33. The quantitative estimate of drug-likeness (QED) is 0.513. The Balaban J connectivity index is 2.43. The maximum absolute atomic E-state index is 13.8. The minimum absolute atomic E-state index is 0.548. The Morgan fingerprint density at radius 1 is 1.00 bits per heavy atom. The molecule has 1 fully saturated rings. The number of nitrogens with zero attached hydrogens (tertiary/aromatic N) is 1. The molecule has 0 saturated carbocycles.